The Kier molecular flexibility index (Phi) is 22.5. The molecule has 0 saturated heterocycles. The highest BCUT2D eigenvalue weighted by Gasteiger charge is 2.22. The van der Waals surface area contributed by atoms with Crippen molar-refractivity contribution in [2.75, 3.05) is 0 Å². The quantitative estimate of drug-likeness (QED) is 0.0436. The van der Waals surface area contributed by atoms with Gasteiger partial charge in [0.25, 0.3) is 0 Å². The summed E-state index contributed by atoms with van der Waals surface area (Å²) < 4.78 is 0. The molecule has 436 valence electrons. The van der Waals surface area contributed by atoms with Gasteiger partial charge < -0.3 is 10.2 Å². The van der Waals surface area contributed by atoms with Gasteiger partial charge in [0, 0.05) is 57.3 Å². The maximum atomic E-state index is 13.1. The van der Waals surface area contributed by atoms with Gasteiger partial charge in [0.1, 0.15) is 16.1 Å². The van der Waals surface area contributed by atoms with Crippen LogP contribution in [-0.2, 0) is 0 Å². The Bertz CT molecular complexity index is 3950. The molecule has 0 aliphatic rings. The molecule has 0 fully saturated rings. The molecule has 8 rings (SSSR count). The Balaban J connectivity index is 0.939. The number of unbranched alkanes of at least 4 members (excludes halogenated alkanes) is 8. The largest absolute Gasteiger partial charge is 0.478 e. The lowest BCUT2D eigenvalue weighted by Gasteiger charge is -2.14. The van der Waals surface area contributed by atoms with Crippen LogP contribution in [0, 0.1) is 70.3 Å². The summed E-state index contributed by atoms with van der Waals surface area (Å²) in [6, 6.07) is 53.7. The maximum Gasteiger partial charge on any atom is 0.336 e. The molecule has 0 heterocycles. The number of carbonyl (C=O) groups is 2. The van der Waals surface area contributed by atoms with E-state index in [2.05, 4.69) is 134 Å². The minimum Gasteiger partial charge on any atom is -0.478 e. The summed E-state index contributed by atoms with van der Waals surface area (Å²) >= 11 is 0. The number of aromatic carboxylic acids is 2. The first-order valence-electron chi connectivity index (χ1n) is 30.4. The van der Waals surface area contributed by atoms with Crippen molar-refractivity contribution in [1.29, 1.82) is 0 Å². The third kappa shape index (κ3) is 19.3. The number of carboxylic acids is 2. The molecule has 0 bridgehead atoms. The number of azo groups is 1. The molecule has 0 aromatic heterocycles. The molecule has 6 nitrogen and oxygen atoms in total. The van der Waals surface area contributed by atoms with Crippen molar-refractivity contribution in [2.45, 2.75) is 117 Å². The van der Waals surface area contributed by atoms with Crippen LogP contribution in [-0.4, -0.2) is 38.3 Å². The van der Waals surface area contributed by atoms with E-state index in [0.717, 1.165) is 118 Å². The van der Waals surface area contributed by atoms with E-state index in [9.17, 15) is 19.8 Å². The van der Waals surface area contributed by atoms with Crippen molar-refractivity contribution in [3.05, 3.63) is 225 Å². The zero-order valence-electron chi connectivity index (χ0n) is 51.8. The predicted octanol–water partition coefficient (Wildman–Crippen LogP) is 20.1. The van der Waals surface area contributed by atoms with E-state index < -0.39 is 28.1 Å². The number of rotatable bonds is 16. The molecule has 8 heteroatoms. The molecule has 0 unspecified atom stereocenters. The van der Waals surface area contributed by atoms with Gasteiger partial charge in [-0.15, -0.1) is 11.1 Å². The van der Waals surface area contributed by atoms with E-state index >= 15 is 0 Å². The first kappa shape index (κ1) is 64.1. The minimum absolute atomic E-state index is 0.219. The fourth-order valence-electron chi connectivity index (χ4n) is 9.49. The summed E-state index contributed by atoms with van der Waals surface area (Å²) in [6.07, 6.45) is 10.6. The Morgan fingerprint density at radius 3 is 0.852 bits per heavy atom. The molecule has 8 aromatic rings. The smallest absolute Gasteiger partial charge is 0.336 e. The summed E-state index contributed by atoms with van der Waals surface area (Å²) in [5, 5.41) is 30.4. The molecule has 0 amide bonds. The summed E-state index contributed by atoms with van der Waals surface area (Å²) in [7, 11) is -3.14. The highest BCUT2D eigenvalue weighted by Crippen LogP contribution is 2.37. The zero-order valence-corrected chi connectivity index (χ0v) is 53.8. The van der Waals surface area contributed by atoms with Crippen molar-refractivity contribution >= 4 is 39.5 Å². The topological polar surface area (TPSA) is 99.3 Å². The van der Waals surface area contributed by atoms with Gasteiger partial charge in [0.05, 0.1) is 22.5 Å². The SMILES string of the molecule is CCCCCCC#Cc1cc(-c2ccc(C#Cc3ccc(N=Nc4ccc(C#Cc5ccc(-c6cc(C#CCCCCCC)cc(-c7ccc(C#C[Si](C)(C)C)cc7)c6C(=O)O)cc5)cc4)cc3)cc2)c(C(=O)O)c(-c2ccc(C#C[Si](C)(C)C)cc2)c1. The molecular formula is C80H74N2O4Si2. The van der Waals surface area contributed by atoms with Crippen LogP contribution < -0.4 is 0 Å². The van der Waals surface area contributed by atoms with Crippen molar-refractivity contribution in [2.24, 2.45) is 10.2 Å². The van der Waals surface area contributed by atoms with E-state index in [1.165, 1.54) is 12.8 Å². The third-order valence-corrected chi connectivity index (χ3v) is 15.9. The standard InChI is InChI=1S/C80H74N2O4Si2/c1-9-11-13-15-17-19-21-65-55-73(77(79(83)84)75(57-65)69-43-31-63(32-44-69)51-53-87(3,4)5)67-39-27-59(28-40-67)23-25-61-35-47-71(48-36-61)81-82-72-49-37-62(38-50-72)26-24-60-29-41-68(42-30-60)74-56-66(22-20-18-16-14-12-10-2)58-76(78(74)80(85)86)70-45-33-64(34-46-70)52-54-88(6,7)8/h27-50,55-58H,9-18H2,1-8H3,(H,83,84)(H,85,86). The van der Waals surface area contributed by atoms with Gasteiger partial charge in [-0.05, 0) is 179 Å². The van der Waals surface area contributed by atoms with Crippen LogP contribution in [0.2, 0.25) is 39.3 Å². The number of benzene rings is 8. The molecule has 8 aromatic carbocycles. The van der Waals surface area contributed by atoms with Crippen LogP contribution in [0.1, 0.15) is 143 Å². The number of carboxylic acid groups (broad SMARTS) is 2. The molecule has 0 atom stereocenters. The van der Waals surface area contributed by atoms with E-state index in [1.54, 1.807) is 0 Å². The lowest BCUT2D eigenvalue weighted by molar-refractivity contribution is 0.0687. The van der Waals surface area contributed by atoms with Gasteiger partial charge in [-0.1, -0.05) is 199 Å². The Morgan fingerprint density at radius 1 is 0.341 bits per heavy atom. The molecule has 0 aliphatic carbocycles. The van der Waals surface area contributed by atoms with Crippen LogP contribution >= 0.6 is 0 Å². The fourth-order valence-corrected chi connectivity index (χ4v) is 10.5. The van der Waals surface area contributed by atoms with Gasteiger partial charge in [0.2, 0.25) is 0 Å². The van der Waals surface area contributed by atoms with Crippen molar-refractivity contribution in [3.63, 3.8) is 0 Å². The predicted molar refractivity (Wildman–Crippen MR) is 369 cm³/mol. The van der Waals surface area contributed by atoms with E-state index in [1.807, 2.05) is 170 Å². The molecule has 0 aliphatic heterocycles. The highest BCUT2D eigenvalue weighted by atomic mass is 28.3. The van der Waals surface area contributed by atoms with Gasteiger partial charge in [-0.2, -0.15) is 10.2 Å². The molecule has 88 heavy (non-hydrogen) atoms. The molecular weight excluding hydrogens is 1110 g/mol. The van der Waals surface area contributed by atoms with Gasteiger partial charge >= 0.3 is 11.9 Å². The van der Waals surface area contributed by atoms with Gasteiger partial charge in [-0.25, -0.2) is 9.59 Å². The first-order chi connectivity index (χ1) is 42.4. The van der Waals surface area contributed by atoms with E-state index in [-0.39, 0.29) is 11.1 Å². The highest BCUT2D eigenvalue weighted by molar-refractivity contribution is 6.84. The summed E-state index contributed by atoms with van der Waals surface area (Å²) in [6.45, 7) is 17.6. The maximum absolute atomic E-state index is 13.1. The second kappa shape index (κ2) is 31.0. The normalized spacial score (nSPS) is 10.8. The lowest BCUT2D eigenvalue weighted by atomic mass is 9.89. The van der Waals surface area contributed by atoms with Crippen LogP contribution in [0.3, 0.4) is 0 Å². The van der Waals surface area contributed by atoms with Crippen molar-refractivity contribution in [1.82, 2.24) is 0 Å². The van der Waals surface area contributed by atoms with Gasteiger partial charge in [-0.3, -0.25) is 0 Å². The van der Waals surface area contributed by atoms with Gasteiger partial charge in [0.15, 0.2) is 0 Å². The third-order valence-electron chi connectivity index (χ3n) is 14.1. The monoisotopic (exact) mass is 1180 g/mol. The van der Waals surface area contributed by atoms with Crippen LogP contribution in [0.15, 0.2) is 180 Å². The zero-order chi connectivity index (χ0) is 62.5. The number of nitrogens with zero attached hydrogens (tertiary/aromatic N) is 2. The van der Waals surface area contributed by atoms with Crippen molar-refractivity contribution < 1.29 is 19.8 Å². The Labute approximate surface area is 524 Å². The number of hydrogen-bond acceptors (Lipinski definition) is 4. The average Bonchev–Trinajstić information content (AvgIpc) is 1.32. The molecule has 0 spiro atoms. The number of hydrogen-bond donors (Lipinski definition) is 2. The van der Waals surface area contributed by atoms with Crippen LogP contribution in [0.4, 0.5) is 11.4 Å². The summed E-state index contributed by atoms with van der Waals surface area (Å²) in [5.41, 5.74) is 20.7. The lowest BCUT2D eigenvalue weighted by Crippen LogP contribution is -2.16. The first-order valence-corrected chi connectivity index (χ1v) is 37.4. The molecule has 0 saturated carbocycles. The Morgan fingerprint density at radius 2 is 0.602 bits per heavy atom. The van der Waals surface area contributed by atoms with E-state index in [0.29, 0.717) is 33.6 Å². The van der Waals surface area contributed by atoms with E-state index in [4.69, 9.17) is 0 Å². The average molecular weight is 1180 g/mol. The fraction of sp³-hybridized carbons (Fsp3) is 0.225. The molecule has 2 N–H and O–H groups in total. The summed E-state index contributed by atoms with van der Waals surface area (Å²) in [4.78, 5) is 26.3. The van der Waals surface area contributed by atoms with Crippen LogP contribution in [0.5, 0.6) is 0 Å². The minimum atomic E-state index is -1.57. The second-order valence-corrected chi connectivity index (χ2v) is 33.3. The second-order valence-electron chi connectivity index (χ2n) is 23.8. The summed E-state index contributed by atoms with van der Waals surface area (Å²) in [5.74, 6) is 31.0. The molecule has 0 radical (unpaired) electrons. The Hall–Kier alpha value is -9.91. The van der Waals surface area contributed by atoms with Crippen molar-refractivity contribution in [3.8, 4) is 115 Å². The van der Waals surface area contributed by atoms with Crippen LogP contribution in [0.25, 0.3) is 44.5 Å².